The lowest BCUT2D eigenvalue weighted by Gasteiger charge is -2.29. The number of phenols is 1. The zero-order valence-corrected chi connectivity index (χ0v) is 23.3. The van der Waals surface area contributed by atoms with Gasteiger partial charge >= 0.3 is 0 Å². The Labute approximate surface area is 236 Å². The van der Waals surface area contributed by atoms with Gasteiger partial charge in [0.1, 0.15) is 11.8 Å². The number of allylic oxidation sites excluding steroid dienone is 1. The third-order valence-electron chi connectivity index (χ3n) is 6.46. The van der Waals surface area contributed by atoms with E-state index in [1.165, 1.54) is 26.0 Å². The van der Waals surface area contributed by atoms with Crippen LogP contribution >= 0.6 is 11.8 Å². The lowest BCUT2D eigenvalue weighted by atomic mass is 9.94. The smallest absolute Gasteiger partial charge is 0.255 e. The van der Waals surface area contributed by atoms with Crippen LogP contribution in [-0.2, 0) is 10.5 Å². The van der Waals surface area contributed by atoms with Gasteiger partial charge in [-0.3, -0.25) is 4.79 Å². The first-order valence-corrected chi connectivity index (χ1v) is 13.4. The van der Waals surface area contributed by atoms with E-state index in [0.717, 1.165) is 5.56 Å². The lowest BCUT2D eigenvalue weighted by molar-refractivity contribution is -0.113. The zero-order valence-electron chi connectivity index (χ0n) is 22.5. The fourth-order valence-corrected chi connectivity index (χ4v) is 5.31. The highest BCUT2D eigenvalue weighted by Crippen LogP contribution is 2.44. The summed E-state index contributed by atoms with van der Waals surface area (Å²) in [5.74, 6) is 1.61. The summed E-state index contributed by atoms with van der Waals surface area (Å²) in [5, 5.41) is 22.1. The van der Waals surface area contributed by atoms with E-state index in [9.17, 15) is 9.90 Å². The van der Waals surface area contributed by atoms with Crippen molar-refractivity contribution in [2.45, 2.75) is 23.9 Å². The number of rotatable bonds is 9. The lowest BCUT2D eigenvalue weighted by Crippen LogP contribution is -2.31. The Hall–Kier alpha value is -4.64. The van der Waals surface area contributed by atoms with Crippen LogP contribution in [0, 0.1) is 0 Å². The molecule has 0 bridgehead atoms. The van der Waals surface area contributed by atoms with Gasteiger partial charge in [0.05, 0.1) is 32.6 Å². The van der Waals surface area contributed by atoms with Gasteiger partial charge in [-0.1, -0.05) is 54.2 Å². The molecule has 1 aliphatic heterocycles. The SMILES string of the molecule is COc1ccccc1NC(=O)C1=C(C)Nc2nc(SCc3ccccc3)nn2[C@@H]1c1cc(OC)c(O)c(OC)c1. The van der Waals surface area contributed by atoms with Gasteiger partial charge in [-0.25, -0.2) is 4.68 Å². The first-order valence-electron chi connectivity index (χ1n) is 12.4. The predicted octanol–water partition coefficient (Wildman–Crippen LogP) is 5.23. The second-order valence-corrected chi connectivity index (χ2v) is 9.87. The van der Waals surface area contributed by atoms with Gasteiger partial charge in [-0.2, -0.15) is 4.98 Å². The van der Waals surface area contributed by atoms with Crippen molar-refractivity contribution < 1.29 is 24.1 Å². The third kappa shape index (κ3) is 5.28. The number of phenolic OH excluding ortho intramolecular Hbond substituents is 1. The number of carbonyl (C=O) groups is 1. The molecule has 0 saturated heterocycles. The standard InChI is InChI=1S/C29H29N5O5S/c1-17-24(27(36)31-20-12-8-9-13-21(20)37-2)25(19-14-22(38-3)26(35)23(15-19)39-4)34-28(30-17)32-29(33-34)40-16-18-10-6-5-7-11-18/h5-15,25,35H,16H2,1-4H3,(H,31,36)(H,30,32,33)/t25-/m1/s1. The molecule has 10 nitrogen and oxygen atoms in total. The van der Waals surface area contributed by atoms with E-state index < -0.39 is 6.04 Å². The van der Waals surface area contributed by atoms with E-state index in [0.29, 0.717) is 45.1 Å². The molecule has 40 heavy (non-hydrogen) atoms. The van der Waals surface area contributed by atoms with E-state index in [2.05, 4.69) is 10.6 Å². The number of para-hydroxylation sites is 2. The van der Waals surface area contributed by atoms with Crippen LogP contribution in [0.15, 0.2) is 83.2 Å². The number of fused-ring (bicyclic) bond motifs is 1. The molecule has 0 saturated carbocycles. The average molecular weight is 560 g/mol. The topological polar surface area (TPSA) is 120 Å². The van der Waals surface area contributed by atoms with Gasteiger partial charge < -0.3 is 30.0 Å². The maximum Gasteiger partial charge on any atom is 0.255 e. The summed E-state index contributed by atoms with van der Waals surface area (Å²) in [6, 6.07) is 19.9. The number of thioether (sulfide) groups is 1. The first-order chi connectivity index (χ1) is 19.4. The summed E-state index contributed by atoms with van der Waals surface area (Å²) in [5.41, 5.74) is 3.28. The molecule has 0 unspecified atom stereocenters. The molecule has 1 aliphatic rings. The van der Waals surface area contributed by atoms with E-state index in [-0.39, 0.29) is 23.2 Å². The minimum absolute atomic E-state index is 0.138. The van der Waals surface area contributed by atoms with E-state index in [1.807, 2.05) is 49.4 Å². The summed E-state index contributed by atoms with van der Waals surface area (Å²) in [4.78, 5) is 18.6. The van der Waals surface area contributed by atoms with Gasteiger partial charge in [0.2, 0.25) is 16.9 Å². The number of hydrogen-bond donors (Lipinski definition) is 3. The maximum atomic E-state index is 13.9. The van der Waals surface area contributed by atoms with Crippen molar-refractivity contribution in [2.24, 2.45) is 0 Å². The Morgan fingerprint density at radius 2 is 1.65 bits per heavy atom. The minimum Gasteiger partial charge on any atom is -0.502 e. The van der Waals surface area contributed by atoms with Gasteiger partial charge in [0.25, 0.3) is 5.91 Å². The number of hydrogen-bond acceptors (Lipinski definition) is 9. The van der Waals surface area contributed by atoms with Crippen LogP contribution in [0.1, 0.15) is 24.1 Å². The molecule has 1 aromatic heterocycles. The van der Waals surface area contributed by atoms with Gasteiger partial charge in [0.15, 0.2) is 11.5 Å². The number of aromatic hydroxyl groups is 1. The van der Waals surface area contributed by atoms with Crippen LogP contribution in [0.5, 0.6) is 23.0 Å². The third-order valence-corrected chi connectivity index (χ3v) is 7.37. The van der Waals surface area contributed by atoms with Crippen molar-refractivity contribution in [3.05, 3.63) is 89.1 Å². The number of anilines is 2. The molecule has 2 heterocycles. The van der Waals surface area contributed by atoms with E-state index >= 15 is 0 Å². The van der Waals surface area contributed by atoms with Crippen molar-refractivity contribution in [2.75, 3.05) is 32.0 Å². The molecular weight excluding hydrogens is 530 g/mol. The number of ether oxygens (including phenoxy) is 3. The molecular formula is C29H29N5O5S. The fourth-order valence-electron chi connectivity index (χ4n) is 4.53. The normalized spacial score (nSPS) is 14.2. The van der Waals surface area contributed by atoms with Gasteiger partial charge in [-0.15, -0.1) is 5.10 Å². The van der Waals surface area contributed by atoms with Crippen LogP contribution < -0.4 is 24.8 Å². The fraction of sp³-hybridized carbons (Fsp3) is 0.207. The first kappa shape index (κ1) is 26.9. The van der Waals surface area contributed by atoms with Crippen molar-refractivity contribution >= 4 is 29.3 Å². The number of methoxy groups -OCH3 is 3. The molecule has 0 fully saturated rings. The molecule has 0 radical (unpaired) electrons. The number of amides is 1. The van der Waals surface area contributed by atoms with Gasteiger partial charge in [-0.05, 0) is 42.3 Å². The average Bonchev–Trinajstić information content (AvgIpc) is 3.38. The number of carbonyl (C=O) groups excluding carboxylic acids is 1. The molecule has 5 rings (SSSR count). The highest BCUT2D eigenvalue weighted by Gasteiger charge is 2.36. The van der Waals surface area contributed by atoms with E-state index in [4.69, 9.17) is 24.3 Å². The molecule has 11 heteroatoms. The Kier molecular flexibility index (Phi) is 7.83. The van der Waals surface area contributed by atoms with Crippen LogP contribution in [0.2, 0.25) is 0 Å². The van der Waals surface area contributed by atoms with Crippen molar-refractivity contribution in [3.63, 3.8) is 0 Å². The second-order valence-electron chi connectivity index (χ2n) is 8.93. The maximum absolute atomic E-state index is 13.9. The Balaban J connectivity index is 1.58. The van der Waals surface area contributed by atoms with Crippen LogP contribution in [-0.4, -0.2) is 47.1 Å². The van der Waals surface area contributed by atoms with Crippen LogP contribution in [0.3, 0.4) is 0 Å². The molecule has 3 N–H and O–H groups in total. The molecule has 0 spiro atoms. The Morgan fingerprint density at radius 1 is 1.00 bits per heavy atom. The van der Waals surface area contributed by atoms with Crippen molar-refractivity contribution in [1.29, 1.82) is 0 Å². The largest absolute Gasteiger partial charge is 0.502 e. The van der Waals surface area contributed by atoms with Crippen LogP contribution in [0.4, 0.5) is 11.6 Å². The number of aromatic nitrogens is 3. The van der Waals surface area contributed by atoms with Crippen molar-refractivity contribution in [1.82, 2.24) is 14.8 Å². The highest BCUT2D eigenvalue weighted by molar-refractivity contribution is 7.98. The molecule has 1 atom stereocenters. The summed E-state index contributed by atoms with van der Waals surface area (Å²) in [6.45, 7) is 1.81. The summed E-state index contributed by atoms with van der Waals surface area (Å²) < 4.78 is 17.9. The number of benzene rings is 3. The zero-order chi connectivity index (χ0) is 28.2. The van der Waals surface area contributed by atoms with E-state index in [1.54, 1.807) is 36.1 Å². The van der Waals surface area contributed by atoms with Crippen molar-refractivity contribution in [3.8, 4) is 23.0 Å². The highest BCUT2D eigenvalue weighted by atomic mass is 32.2. The quantitative estimate of drug-likeness (QED) is 0.237. The summed E-state index contributed by atoms with van der Waals surface area (Å²) >= 11 is 1.49. The number of nitrogens with one attached hydrogen (secondary N) is 2. The Morgan fingerprint density at radius 3 is 2.33 bits per heavy atom. The number of nitrogens with zero attached hydrogens (tertiary/aromatic N) is 3. The summed E-state index contributed by atoms with van der Waals surface area (Å²) in [7, 11) is 4.46. The van der Waals surface area contributed by atoms with Gasteiger partial charge in [0, 0.05) is 11.4 Å². The summed E-state index contributed by atoms with van der Waals surface area (Å²) in [6.07, 6.45) is 0. The minimum atomic E-state index is -0.715. The second kappa shape index (κ2) is 11.6. The molecule has 4 aromatic rings. The van der Waals surface area contributed by atoms with Crippen LogP contribution in [0.25, 0.3) is 0 Å². The predicted molar refractivity (Wildman–Crippen MR) is 153 cm³/mol. The molecule has 1 amide bonds. The molecule has 3 aromatic carbocycles. The molecule has 206 valence electrons. The monoisotopic (exact) mass is 559 g/mol. The molecule has 0 aliphatic carbocycles. The Bertz CT molecular complexity index is 1550.